The number of carbonyl (C=O) groups is 1. The number of rotatable bonds is 4. The zero-order valence-electron chi connectivity index (χ0n) is 17.7. The average molecular weight is 432 g/mol. The van der Waals surface area contributed by atoms with Crippen LogP contribution < -0.4 is 10.2 Å². The number of hydrogen-bond acceptors (Lipinski definition) is 5. The summed E-state index contributed by atoms with van der Waals surface area (Å²) < 4.78 is 3.02. The van der Waals surface area contributed by atoms with E-state index in [0.717, 1.165) is 57.5 Å². The third-order valence-electron chi connectivity index (χ3n) is 5.84. The SMILES string of the molecule is Cc1ccccc1NC(=O)[C@@H]1CCCN(c2nc3c(s2)c(C)nn3-c2ccccc2)C1. The number of benzene rings is 2. The van der Waals surface area contributed by atoms with Crippen molar-refractivity contribution in [2.75, 3.05) is 23.3 Å². The maximum atomic E-state index is 12.9. The number of aromatic nitrogens is 3. The highest BCUT2D eigenvalue weighted by Crippen LogP contribution is 2.34. The molecule has 6 nitrogen and oxygen atoms in total. The van der Waals surface area contributed by atoms with E-state index in [-0.39, 0.29) is 11.8 Å². The molecule has 0 unspecified atom stereocenters. The molecule has 0 spiro atoms. The minimum absolute atomic E-state index is 0.0490. The standard InChI is InChI=1S/C24H25N5OS/c1-16-9-6-7-13-20(16)25-23(30)18-10-8-14-28(15-18)24-26-22-21(31-24)17(2)27-29(22)19-11-4-3-5-12-19/h3-7,9,11-13,18H,8,10,14-15H2,1-2H3,(H,25,30)/t18-/m1/s1. The van der Waals surface area contributed by atoms with E-state index in [0.29, 0.717) is 6.54 Å². The molecule has 0 bridgehead atoms. The van der Waals surface area contributed by atoms with Gasteiger partial charge in [0.25, 0.3) is 0 Å². The number of nitrogens with zero attached hydrogens (tertiary/aromatic N) is 4. The first-order chi connectivity index (χ1) is 15.1. The Balaban J connectivity index is 1.38. The van der Waals surface area contributed by atoms with Crippen molar-refractivity contribution in [2.45, 2.75) is 26.7 Å². The van der Waals surface area contributed by atoms with Crippen LogP contribution in [0, 0.1) is 19.8 Å². The molecular weight excluding hydrogens is 406 g/mol. The molecule has 1 aliphatic rings. The van der Waals surface area contributed by atoms with Gasteiger partial charge in [0, 0.05) is 18.8 Å². The van der Waals surface area contributed by atoms with Gasteiger partial charge in [0.15, 0.2) is 10.8 Å². The first-order valence-corrected chi connectivity index (χ1v) is 11.4. The number of fused-ring (bicyclic) bond motifs is 1. The van der Waals surface area contributed by atoms with E-state index in [2.05, 4.69) is 15.3 Å². The van der Waals surface area contributed by atoms with E-state index in [1.807, 2.05) is 73.1 Å². The molecule has 7 heteroatoms. The van der Waals surface area contributed by atoms with Crippen LogP contribution >= 0.6 is 11.3 Å². The second-order valence-corrected chi connectivity index (χ2v) is 9.05. The van der Waals surface area contributed by atoms with Gasteiger partial charge in [0.1, 0.15) is 0 Å². The van der Waals surface area contributed by atoms with Crippen LogP contribution in [0.5, 0.6) is 0 Å². The van der Waals surface area contributed by atoms with Crippen molar-refractivity contribution in [3.8, 4) is 5.69 Å². The van der Waals surface area contributed by atoms with Crippen LogP contribution in [0.15, 0.2) is 54.6 Å². The summed E-state index contributed by atoms with van der Waals surface area (Å²) >= 11 is 1.67. The van der Waals surface area contributed by atoms with Gasteiger partial charge in [0.05, 0.1) is 22.0 Å². The Morgan fingerprint density at radius 3 is 2.68 bits per heavy atom. The maximum Gasteiger partial charge on any atom is 0.229 e. The molecular formula is C24H25N5OS. The zero-order valence-corrected chi connectivity index (χ0v) is 18.5. The fraction of sp³-hybridized carbons (Fsp3) is 0.292. The minimum atomic E-state index is -0.0490. The van der Waals surface area contributed by atoms with E-state index in [4.69, 9.17) is 4.98 Å². The summed E-state index contributed by atoms with van der Waals surface area (Å²) in [5.41, 5.74) is 4.84. The van der Waals surface area contributed by atoms with E-state index in [1.165, 1.54) is 0 Å². The largest absolute Gasteiger partial charge is 0.347 e. The second-order valence-electron chi connectivity index (χ2n) is 8.07. The monoisotopic (exact) mass is 431 g/mol. The van der Waals surface area contributed by atoms with Crippen molar-refractivity contribution in [1.82, 2.24) is 14.8 Å². The summed E-state index contributed by atoms with van der Waals surface area (Å²) in [5.74, 6) is 0.0406. The van der Waals surface area contributed by atoms with Crippen molar-refractivity contribution in [1.29, 1.82) is 0 Å². The number of para-hydroxylation sites is 2. The lowest BCUT2D eigenvalue weighted by Crippen LogP contribution is -2.40. The molecule has 1 aliphatic heterocycles. The molecule has 2 aromatic heterocycles. The molecule has 1 saturated heterocycles. The fourth-order valence-corrected chi connectivity index (χ4v) is 5.14. The maximum absolute atomic E-state index is 12.9. The molecule has 0 radical (unpaired) electrons. The molecule has 1 atom stereocenters. The molecule has 31 heavy (non-hydrogen) atoms. The topological polar surface area (TPSA) is 63.1 Å². The van der Waals surface area contributed by atoms with E-state index >= 15 is 0 Å². The first kappa shape index (κ1) is 19.8. The Morgan fingerprint density at radius 2 is 1.87 bits per heavy atom. The van der Waals surface area contributed by atoms with Crippen LogP contribution in [0.3, 0.4) is 0 Å². The van der Waals surface area contributed by atoms with Crippen molar-refractivity contribution in [2.24, 2.45) is 5.92 Å². The summed E-state index contributed by atoms with van der Waals surface area (Å²) in [6.45, 7) is 5.65. The molecule has 4 aromatic rings. The van der Waals surface area contributed by atoms with E-state index < -0.39 is 0 Å². The fourth-order valence-electron chi connectivity index (χ4n) is 4.12. The molecule has 3 heterocycles. The van der Waals surface area contributed by atoms with E-state index in [9.17, 15) is 4.79 Å². The molecule has 158 valence electrons. The van der Waals surface area contributed by atoms with Crippen LogP contribution in [0.1, 0.15) is 24.1 Å². The molecule has 5 rings (SSSR count). The van der Waals surface area contributed by atoms with Crippen LogP contribution in [0.25, 0.3) is 16.0 Å². The van der Waals surface area contributed by atoms with Crippen LogP contribution in [-0.2, 0) is 4.79 Å². The highest BCUT2D eigenvalue weighted by molar-refractivity contribution is 7.22. The van der Waals surface area contributed by atoms with Crippen molar-refractivity contribution in [3.05, 3.63) is 65.9 Å². The van der Waals surface area contributed by atoms with Gasteiger partial charge in [-0.1, -0.05) is 47.7 Å². The lowest BCUT2D eigenvalue weighted by Gasteiger charge is -2.31. The third-order valence-corrected chi connectivity index (χ3v) is 7.06. The van der Waals surface area contributed by atoms with Gasteiger partial charge in [-0.15, -0.1) is 0 Å². The minimum Gasteiger partial charge on any atom is -0.347 e. The predicted molar refractivity (Wildman–Crippen MR) is 126 cm³/mol. The third kappa shape index (κ3) is 3.81. The van der Waals surface area contributed by atoms with Crippen LogP contribution in [0.4, 0.5) is 10.8 Å². The quantitative estimate of drug-likeness (QED) is 0.496. The van der Waals surface area contributed by atoms with Gasteiger partial charge >= 0.3 is 0 Å². The van der Waals surface area contributed by atoms with Gasteiger partial charge in [-0.25, -0.2) is 4.68 Å². The molecule has 0 aliphatic carbocycles. The number of thiazole rings is 1. The summed E-state index contributed by atoms with van der Waals surface area (Å²) in [5, 5.41) is 8.77. The van der Waals surface area contributed by atoms with Crippen molar-refractivity contribution >= 4 is 38.4 Å². The highest BCUT2D eigenvalue weighted by Gasteiger charge is 2.28. The number of anilines is 2. The molecule has 0 saturated carbocycles. The summed E-state index contributed by atoms with van der Waals surface area (Å²) in [6, 6.07) is 18.0. The average Bonchev–Trinajstić information content (AvgIpc) is 3.37. The Bertz CT molecular complexity index is 1230. The lowest BCUT2D eigenvalue weighted by atomic mass is 9.97. The van der Waals surface area contributed by atoms with Crippen molar-refractivity contribution < 1.29 is 4.79 Å². The Labute approximate surface area is 185 Å². The zero-order chi connectivity index (χ0) is 21.4. The molecule has 1 amide bonds. The summed E-state index contributed by atoms with van der Waals surface area (Å²) in [6.07, 6.45) is 1.88. The number of hydrogen-bond donors (Lipinski definition) is 1. The van der Waals surface area contributed by atoms with E-state index in [1.54, 1.807) is 11.3 Å². The predicted octanol–water partition coefficient (Wildman–Crippen LogP) is 4.95. The van der Waals surface area contributed by atoms with Crippen LogP contribution in [0.2, 0.25) is 0 Å². The van der Waals surface area contributed by atoms with Gasteiger partial charge in [-0.3, -0.25) is 4.79 Å². The number of amides is 1. The smallest absolute Gasteiger partial charge is 0.229 e. The normalized spacial score (nSPS) is 16.6. The first-order valence-electron chi connectivity index (χ1n) is 10.6. The van der Waals surface area contributed by atoms with Gasteiger partial charge < -0.3 is 10.2 Å². The van der Waals surface area contributed by atoms with Gasteiger partial charge in [0.2, 0.25) is 5.91 Å². The molecule has 2 aromatic carbocycles. The van der Waals surface area contributed by atoms with Gasteiger partial charge in [-0.05, 0) is 50.5 Å². The summed E-state index contributed by atoms with van der Waals surface area (Å²) in [7, 11) is 0. The lowest BCUT2D eigenvalue weighted by molar-refractivity contribution is -0.120. The number of carbonyl (C=O) groups excluding carboxylic acids is 1. The Morgan fingerprint density at radius 1 is 1.10 bits per heavy atom. The van der Waals surface area contributed by atoms with Crippen molar-refractivity contribution in [3.63, 3.8) is 0 Å². The second kappa shape index (κ2) is 8.15. The van der Waals surface area contributed by atoms with Gasteiger partial charge in [-0.2, -0.15) is 10.1 Å². The number of nitrogens with one attached hydrogen (secondary N) is 1. The number of aryl methyl sites for hydroxylation is 2. The molecule has 1 fully saturated rings. The highest BCUT2D eigenvalue weighted by atomic mass is 32.1. The van der Waals surface area contributed by atoms with Crippen LogP contribution in [-0.4, -0.2) is 33.8 Å². The number of piperidine rings is 1. The molecule has 1 N–H and O–H groups in total. The Hall–Kier alpha value is -3.19. The Kier molecular flexibility index (Phi) is 5.19. The summed E-state index contributed by atoms with van der Waals surface area (Å²) in [4.78, 5) is 20.1.